The van der Waals surface area contributed by atoms with Gasteiger partial charge in [0.2, 0.25) is 0 Å². The van der Waals surface area contributed by atoms with Gasteiger partial charge in [0.15, 0.2) is 5.84 Å². The molecular weight excluding hydrogens is 835 g/mol. The van der Waals surface area contributed by atoms with Gasteiger partial charge < -0.3 is 4.57 Å². The number of thiophene rings is 1. The average Bonchev–Trinajstić information content (AvgIpc) is 3.79. The number of hydrogen-bond acceptors (Lipinski definition) is 5. The molecule has 0 atom stereocenters. The van der Waals surface area contributed by atoms with Crippen LogP contribution in [0.15, 0.2) is 186 Å². The topological polar surface area (TPSA) is 66.3 Å². The summed E-state index contributed by atoms with van der Waals surface area (Å²) in [5.41, 5.74) is 15.6. The molecule has 0 saturated carbocycles. The third kappa shape index (κ3) is 7.66. The van der Waals surface area contributed by atoms with Crippen LogP contribution in [0, 0.1) is 11.3 Å². The lowest BCUT2D eigenvalue weighted by Crippen LogP contribution is -2.17. The lowest BCUT2D eigenvalue weighted by Gasteiger charge is -2.26. The van der Waals surface area contributed by atoms with Gasteiger partial charge in [-0.1, -0.05) is 157 Å². The van der Waals surface area contributed by atoms with Crippen molar-refractivity contribution in [2.45, 2.75) is 58.8 Å². The molecule has 0 spiro atoms. The zero-order valence-corrected chi connectivity index (χ0v) is 39.4. The number of para-hydroxylation sites is 1. The Balaban J connectivity index is 1.04. The van der Waals surface area contributed by atoms with E-state index >= 15 is 0 Å². The largest absolute Gasteiger partial charge is 0.309 e. The van der Waals surface area contributed by atoms with Gasteiger partial charge in [0.25, 0.3) is 0 Å². The summed E-state index contributed by atoms with van der Waals surface area (Å²) in [5, 5.41) is 14.4. The van der Waals surface area contributed by atoms with E-state index in [4.69, 9.17) is 15.0 Å². The normalized spacial score (nSPS) is 13.4. The first-order chi connectivity index (χ1) is 32.4. The van der Waals surface area contributed by atoms with Crippen molar-refractivity contribution >= 4 is 70.6 Å². The molecule has 7 aromatic carbocycles. The summed E-state index contributed by atoms with van der Waals surface area (Å²) in [5.74, 6) is 0.580. The van der Waals surface area contributed by atoms with E-state index in [-0.39, 0.29) is 10.8 Å². The van der Waals surface area contributed by atoms with Gasteiger partial charge in [-0.2, -0.15) is 5.26 Å². The Hall–Kier alpha value is -7.72. The number of aromatic nitrogens is 2. The minimum Gasteiger partial charge on any atom is -0.309 e. The van der Waals surface area contributed by atoms with Gasteiger partial charge in [0.05, 0.1) is 34.1 Å². The Bertz CT molecular complexity index is 3700. The third-order valence-electron chi connectivity index (χ3n) is 13.1. The minimum absolute atomic E-state index is 0.0000109. The van der Waals surface area contributed by atoms with Crippen LogP contribution in [-0.4, -0.2) is 21.1 Å². The summed E-state index contributed by atoms with van der Waals surface area (Å²) >= 11 is 1.77. The van der Waals surface area contributed by atoms with E-state index in [1.807, 2.05) is 48.7 Å². The van der Waals surface area contributed by atoms with E-state index in [9.17, 15) is 5.26 Å². The maximum Gasteiger partial charge on any atom is 0.179 e. The van der Waals surface area contributed by atoms with Gasteiger partial charge in [0, 0.05) is 49.2 Å². The number of pyridine rings is 1. The molecule has 1 aliphatic rings. The summed E-state index contributed by atoms with van der Waals surface area (Å²) in [4.78, 5) is 15.8. The predicted octanol–water partition coefficient (Wildman–Crippen LogP) is 16.0. The number of allylic oxidation sites excluding steroid dienone is 1. The standard InChI is InChI=1S/C61H49N5S/c1-60(2,3)44-34-45(61(4,5)6)36-46(35-44)66-53-19-13-12-18-48(53)49-32-41(24-28-54(49)66)42-25-29-55-50(33-42)57-56(67-55)30-31-63-58(57)59-64-51(39-14-8-7-9-15-39)26-27-52(65-59)40-22-20-38(21-23-40)47-17-11-10-16-43(47)37-62/h7-26,28-36H,27H2,1-6H3. The van der Waals surface area contributed by atoms with Crippen LogP contribution >= 0.6 is 11.3 Å². The highest BCUT2D eigenvalue weighted by Crippen LogP contribution is 2.42. The fourth-order valence-corrected chi connectivity index (χ4v) is 10.5. The van der Waals surface area contributed by atoms with E-state index in [1.165, 1.54) is 43.3 Å². The van der Waals surface area contributed by atoms with Gasteiger partial charge >= 0.3 is 0 Å². The van der Waals surface area contributed by atoms with Crippen molar-refractivity contribution in [3.63, 3.8) is 0 Å². The molecule has 0 radical (unpaired) electrons. The zero-order valence-electron chi connectivity index (χ0n) is 38.6. The maximum atomic E-state index is 9.79. The van der Waals surface area contributed by atoms with Crippen molar-refractivity contribution in [1.29, 1.82) is 5.26 Å². The second kappa shape index (κ2) is 16.3. The lowest BCUT2D eigenvalue weighted by atomic mass is 9.80. The summed E-state index contributed by atoms with van der Waals surface area (Å²) in [6.45, 7) is 13.8. The van der Waals surface area contributed by atoms with Crippen molar-refractivity contribution in [3.05, 3.63) is 210 Å². The van der Waals surface area contributed by atoms with Crippen molar-refractivity contribution in [1.82, 2.24) is 9.55 Å². The molecule has 1 aliphatic heterocycles. The van der Waals surface area contributed by atoms with E-state index in [1.54, 1.807) is 11.3 Å². The predicted molar refractivity (Wildman–Crippen MR) is 283 cm³/mol. The third-order valence-corrected chi connectivity index (χ3v) is 14.2. The molecule has 324 valence electrons. The van der Waals surface area contributed by atoms with Crippen LogP contribution in [0.4, 0.5) is 0 Å². The van der Waals surface area contributed by atoms with Gasteiger partial charge in [-0.25, -0.2) is 9.98 Å². The highest BCUT2D eigenvalue weighted by Gasteiger charge is 2.24. The molecule has 0 amide bonds. The number of hydrogen-bond donors (Lipinski definition) is 0. The first-order valence-corrected chi connectivity index (χ1v) is 23.8. The molecule has 0 N–H and O–H groups in total. The van der Waals surface area contributed by atoms with Crippen LogP contribution in [-0.2, 0) is 10.8 Å². The molecule has 3 aromatic heterocycles. The SMILES string of the molecule is CC(C)(C)c1cc(-n2c3ccccc3c3cc(-c4ccc5sc6ccnc(C7=NC(c8ccccc8)=CCC(c8ccc(-c9ccccc9C#N)cc8)=N7)c6c5c4)ccc32)cc(C(C)(C)C)c1. The van der Waals surface area contributed by atoms with Crippen LogP contribution < -0.4 is 0 Å². The van der Waals surface area contributed by atoms with Gasteiger partial charge in [-0.3, -0.25) is 4.98 Å². The Labute approximate surface area is 395 Å². The van der Waals surface area contributed by atoms with E-state index in [0.29, 0.717) is 17.8 Å². The highest BCUT2D eigenvalue weighted by atomic mass is 32.1. The summed E-state index contributed by atoms with van der Waals surface area (Å²) in [6.07, 6.45) is 4.64. The number of nitriles is 1. The second-order valence-corrected chi connectivity index (χ2v) is 20.7. The van der Waals surface area contributed by atoms with Crippen molar-refractivity contribution < 1.29 is 0 Å². The fraction of sp³-hybridized carbons (Fsp3) is 0.148. The Kier molecular flexibility index (Phi) is 10.2. The molecule has 0 saturated heterocycles. The molecule has 11 rings (SSSR count). The van der Waals surface area contributed by atoms with E-state index in [2.05, 4.69) is 180 Å². The van der Waals surface area contributed by atoms with Gasteiger partial charge in [-0.15, -0.1) is 11.3 Å². The van der Waals surface area contributed by atoms with Crippen molar-refractivity contribution in [2.75, 3.05) is 0 Å². The van der Waals surface area contributed by atoms with Crippen LogP contribution in [0.5, 0.6) is 0 Å². The summed E-state index contributed by atoms with van der Waals surface area (Å²) in [6, 6.07) is 60.6. The molecule has 5 nitrogen and oxygen atoms in total. The smallest absolute Gasteiger partial charge is 0.179 e. The lowest BCUT2D eigenvalue weighted by molar-refractivity contribution is 0.568. The molecule has 0 bridgehead atoms. The first-order valence-electron chi connectivity index (χ1n) is 22.9. The number of amidine groups is 1. The summed E-state index contributed by atoms with van der Waals surface area (Å²) < 4.78 is 4.77. The van der Waals surface area contributed by atoms with E-state index in [0.717, 1.165) is 66.0 Å². The quantitative estimate of drug-likeness (QED) is 0.167. The minimum atomic E-state index is 0.0000109. The molecule has 0 aliphatic carbocycles. The van der Waals surface area contributed by atoms with Crippen LogP contribution in [0.25, 0.3) is 75.6 Å². The first kappa shape index (κ1) is 41.9. The fourth-order valence-electron chi connectivity index (χ4n) is 9.41. The Morgan fingerprint density at radius 3 is 1.94 bits per heavy atom. The number of nitrogens with zero attached hydrogens (tertiary/aromatic N) is 5. The molecule has 67 heavy (non-hydrogen) atoms. The molecular formula is C61H49N5S. The maximum absolute atomic E-state index is 9.79. The van der Waals surface area contributed by atoms with E-state index < -0.39 is 0 Å². The number of fused-ring (bicyclic) bond motifs is 6. The number of benzene rings is 7. The average molecular weight is 884 g/mol. The van der Waals surface area contributed by atoms with Crippen molar-refractivity contribution in [3.8, 4) is 34.0 Å². The Morgan fingerprint density at radius 2 is 1.19 bits per heavy atom. The molecule has 0 fully saturated rings. The van der Waals surface area contributed by atoms with Gasteiger partial charge in [-0.05, 0) is 110 Å². The van der Waals surface area contributed by atoms with Crippen LogP contribution in [0.2, 0.25) is 0 Å². The monoisotopic (exact) mass is 883 g/mol. The zero-order chi connectivity index (χ0) is 46.0. The highest BCUT2D eigenvalue weighted by molar-refractivity contribution is 7.25. The summed E-state index contributed by atoms with van der Waals surface area (Å²) in [7, 11) is 0. The van der Waals surface area contributed by atoms with Crippen molar-refractivity contribution in [2.24, 2.45) is 9.98 Å². The van der Waals surface area contributed by atoms with Crippen LogP contribution in [0.1, 0.15) is 81.5 Å². The Morgan fingerprint density at radius 1 is 0.552 bits per heavy atom. The molecule has 6 heteroatoms. The molecule has 0 unspecified atom stereocenters. The van der Waals surface area contributed by atoms with Crippen LogP contribution in [0.3, 0.4) is 0 Å². The molecule has 4 heterocycles. The number of aliphatic imine (C=N–C) groups is 2. The van der Waals surface area contributed by atoms with Gasteiger partial charge in [0.1, 0.15) is 5.69 Å². The second-order valence-electron chi connectivity index (χ2n) is 19.6. The molecule has 10 aromatic rings. The number of rotatable bonds is 6.